The number of benzene rings is 2. The second kappa shape index (κ2) is 5.40. The van der Waals surface area contributed by atoms with Crippen LogP contribution in [0, 0.1) is 11.6 Å². The second-order valence-corrected chi connectivity index (χ2v) is 4.62. The van der Waals surface area contributed by atoms with Crippen LogP contribution in [0.15, 0.2) is 36.4 Å². The predicted octanol–water partition coefficient (Wildman–Crippen LogP) is 2.91. The van der Waals surface area contributed by atoms with Crippen LogP contribution in [0.4, 0.5) is 20.2 Å². The van der Waals surface area contributed by atoms with Gasteiger partial charge in [0.2, 0.25) is 0 Å². The molecule has 1 aliphatic heterocycles. The molecule has 0 saturated heterocycles. The van der Waals surface area contributed by atoms with Crippen molar-refractivity contribution in [3.63, 3.8) is 0 Å². The molecule has 2 N–H and O–H groups in total. The highest BCUT2D eigenvalue weighted by Crippen LogP contribution is 2.28. The predicted molar refractivity (Wildman–Crippen MR) is 74.3 cm³/mol. The molecule has 2 aromatic rings. The molecule has 4 nitrogen and oxygen atoms in total. The Bertz CT molecular complexity index is 704. The van der Waals surface area contributed by atoms with E-state index in [0.29, 0.717) is 18.0 Å². The quantitative estimate of drug-likeness (QED) is 0.914. The number of hydrogen-bond acceptors (Lipinski definition) is 3. The Morgan fingerprint density at radius 1 is 1.24 bits per heavy atom. The van der Waals surface area contributed by atoms with Gasteiger partial charge in [-0.3, -0.25) is 4.79 Å². The normalized spacial score (nSPS) is 13.1. The van der Waals surface area contributed by atoms with E-state index in [2.05, 4.69) is 10.6 Å². The zero-order valence-corrected chi connectivity index (χ0v) is 11.0. The van der Waals surface area contributed by atoms with Gasteiger partial charge in [-0.2, -0.15) is 0 Å². The van der Waals surface area contributed by atoms with E-state index in [1.165, 1.54) is 12.1 Å². The van der Waals surface area contributed by atoms with Crippen LogP contribution >= 0.6 is 0 Å². The van der Waals surface area contributed by atoms with E-state index >= 15 is 0 Å². The molecule has 0 spiro atoms. The van der Waals surface area contributed by atoms with E-state index in [9.17, 15) is 13.6 Å². The molecule has 0 radical (unpaired) electrons. The Morgan fingerprint density at radius 2 is 2.10 bits per heavy atom. The lowest BCUT2D eigenvalue weighted by Gasteiger charge is -2.18. The third-order valence-corrected chi connectivity index (χ3v) is 3.11. The van der Waals surface area contributed by atoms with Gasteiger partial charge in [-0.1, -0.05) is 12.1 Å². The monoisotopic (exact) mass is 290 g/mol. The van der Waals surface area contributed by atoms with Crippen molar-refractivity contribution in [1.82, 2.24) is 0 Å². The maximum Gasteiger partial charge on any atom is 0.262 e. The molecule has 1 amide bonds. The van der Waals surface area contributed by atoms with Gasteiger partial charge in [0.15, 0.2) is 18.2 Å². The molecule has 0 aliphatic carbocycles. The van der Waals surface area contributed by atoms with Gasteiger partial charge >= 0.3 is 0 Å². The lowest BCUT2D eigenvalue weighted by atomic mass is 10.1. The van der Waals surface area contributed by atoms with Crippen molar-refractivity contribution >= 4 is 17.3 Å². The van der Waals surface area contributed by atoms with E-state index in [1.54, 1.807) is 18.2 Å². The van der Waals surface area contributed by atoms with Crippen LogP contribution in [-0.2, 0) is 11.3 Å². The molecule has 108 valence electrons. The van der Waals surface area contributed by atoms with E-state index in [1.807, 2.05) is 0 Å². The highest BCUT2D eigenvalue weighted by Gasteiger charge is 2.16. The number of amides is 1. The van der Waals surface area contributed by atoms with Gasteiger partial charge in [0.25, 0.3) is 5.91 Å². The summed E-state index contributed by atoms with van der Waals surface area (Å²) in [7, 11) is 0. The summed E-state index contributed by atoms with van der Waals surface area (Å²) < 4.78 is 31.9. The van der Waals surface area contributed by atoms with Crippen LogP contribution in [0.1, 0.15) is 5.56 Å². The van der Waals surface area contributed by atoms with Crippen molar-refractivity contribution in [1.29, 1.82) is 0 Å². The fourth-order valence-corrected chi connectivity index (χ4v) is 2.08. The number of carbonyl (C=O) groups is 1. The summed E-state index contributed by atoms with van der Waals surface area (Å²) in [6, 6.07) is 9.21. The van der Waals surface area contributed by atoms with Crippen LogP contribution in [0.2, 0.25) is 0 Å². The summed E-state index contributed by atoms with van der Waals surface area (Å²) in [5.41, 5.74) is 1.47. The van der Waals surface area contributed by atoms with Crippen LogP contribution in [-0.4, -0.2) is 12.5 Å². The van der Waals surface area contributed by atoms with Gasteiger partial charge in [0.1, 0.15) is 5.75 Å². The number of carbonyl (C=O) groups excluding carboxylic acids is 1. The van der Waals surface area contributed by atoms with E-state index in [-0.39, 0.29) is 18.2 Å². The van der Waals surface area contributed by atoms with E-state index in [0.717, 1.165) is 11.6 Å². The van der Waals surface area contributed by atoms with E-state index < -0.39 is 11.6 Å². The fourth-order valence-electron chi connectivity index (χ4n) is 2.08. The van der Waals surface area contributed by atoms with Crippen molar-refractivity contribution in [2.45, 2.75) is 6.54 Å². The molecule has 1 heterocycles. The summed E-state index contributed by atoms with van der Waals surface area (Å²) in [4.78, 5) is 11.3. The van der Waals surface area contributed by atoms with Crippen molar-refractivity contribution in [3.05, 3.63) is 53.6 Å². The number of anilines is 2. The number of halogens is 2. The van der Waals surface area contributed by atoms with Crippen LogP contribution in [0.3, 0.4) is 0 Å². The molecule has 0 unspecified atom stereocenters. The Hall–Kier alpha value is -2.63. The molecule has 0 bridgehead atoms. The van der Waals surface area contributed by atoms with Crippen molar-refractivity contribution in [2.75, 3.05) is 17.2 Å². The molecule has 0 fully saturated rings. The third-order valence-electron chi connectivity index (χ3n) is 3.11. The summed E-state index contributed by atoms with van der Waals surface area (Å²) in [5, 5.41) is 5.51. The smallest absolute Gasteiger partial charge is 0.262 e. The Labute approximate surface area is 119 Å². The summed E-state index contributed by atoms with van der Waals surface area (Å²) in [5.74, 6) is -1.43. The minimum absolute atomic E-state index is 0.000893. The molecule has 1 aliphatic rings. The number of ether oxygens (including phenoxy) is 1. The first kappa shape index (κ1) is 13.4. The Morgan fingerprint density at radius 3 is 2.95 bits per heavy atom. The summed E-state index contributed by atoms with van der Waals surface area (Å²) in [6.07, 6.45) is 0. The Balaban J connectivity index is 1.75. The maximum absolute atomic E-state index is 13.5. The Kier molecular flexibility index (Phi) is 3.43. The highest BCUT2D eigenvalue weighted by atomic mass is 19.2. The van der Waals surface area contributed by atoms with Gasteiger partial charge in [-0.05, 0) is 29.8 Å². The SMILES string of the molecule is O=C1COc2ccc(CNc3cccc(F)c3F)cc2N1. The topological polar surface area (TPSA) is 50.4 Å². The molecule has 0 saturated carbocycles. The average Bonchev–Trinajstić information content (AvgIpc) is 2.48. The summed E-state index contributed by atoms with van der Waals surface area (Å²) in [6.45, 7) is 0.294. The number of hydrogen-bond donors (Lipinski definition) is 2. The van der Waals surface area contributed by atoms with Gasteiger partial charge < -0.3 is 15.4 Å². The molecule has 2 aromatic carbocycles. The number of fused-ring (bicyclic) bond motifs is 1. The maximum atomic E-state index is 13.5. The fraction of sp³-hybridized carbons (Fsp3) is 0.133. The first-order chi connectivity index (χ1) is 10.1. The second-order valence-electron chi connectivity index (χ2n) is 4.62. The molecular formula is C15H12F2N2O2. The van der Waals surface area contributed by atoms with Gasteiger partial charge in [-0.25, -0.2) is 8.78 Å². The van der Waals surface area contributed by atoms with Gasteiger partial charge in [0, 0.05) is 6.54 Å². The minimum atomic E-state index is -0.910. The molecule has 3 rings (SSSR count). The lowest BCUT2D eigenvalue weighted by Crippen LogP contribution is -2.25. The molecule has 0 aromatic heterocycles. The first-order valence-electron chi connectivity index (χ1n) is 6.37. The van der Waals surface area contributed by atoms with Crippen LogP contribution < -0.4 is 15.4 Å². The zero-order valence-electron chi connectivity index (χ0n) is 11.0. The first-order valence-corrected chi connectivity index (χ1v) is 6.37. The molecular weight excluding hydrogens is 278 g/mol. The standard InChI is InChI=1S/C15H12F2N2O2/c16-10-2-1-3-11(15(10)17)18-7-9-4-5-13-12(6-9)19-14(20)8-21-13/h1-6,18H,7-8H2,(H,19,20). The number of nitrogens with one attached hydrogen (secondary N) is 2. The van der Waals surface area contributed by atoms with Crippen molar-refractivity contribution < 1.29 is 18.3 Å². The molecule has 0 atom stereocenters. The average molecular weight is 290 g/mol. The van der Waals surface area contributed by atoms with Gasteiger partial charge in [0.05, 0.1) is 11.4 Å². The number of rotatable bonds is 3. The zero-order chi connectivity index (χ0) is 14.8. The van der Waals surface area contributed by atoms with Crippen molar-refractivity contribution in [2.24, 2.45) is 0 Å². The van der Waals surface area contributed by atoms with Gasteiger partial charge in [-0.15, -0.1) is 0 Å². The minimum Gasteiger partial charge on any atom is -0.482 e. The lowest BCUT2D eigenvalue weighted by molar-refractivity contribution is -0.118. The molecule has 6 heteroatoms. The van der Waals surface area contributed by atoms with E-state index in [4.69, 9.17) is 4.74 Å². The molecule has 21 heavy (non-hydrogen) atoms. The largest absolute Gasteiger partial charge is 0.482 e. The van der Waals surface area contributed by atoms with Crippen LogP contribution in [0.25, 0.3) is 0 Å². The van der Waals surface area contributed by atoms with Crippen LogP contribution in [0.5, 0.6) is 5.75 Å². The van der Waals surface area contributed by atoms with Crippen molar-refractivity contribution in [3.8, 4) is 5.75 Å². The highest BCUT2D eigenvalue weighted by molar-refractivity contribution is 5.95. The summed E-state index contributed by atoms with van der Waals surface area (Å²) >= 11 is 0. The third kappa shape index (κ3) is 2.79.